The largest absolute Gasteiger partial charge is 0.339 e. The Morgan fingerprint density at radius 1 is 1.33 bits per heavy atom. The number of hydrogen-bond acceptors (Lipinski definition) is 3. The molecule has 4 nitrogen and oxygen atoms in total. The first-order chi connectivity index (χ1) is 9.99. The molecule has 3 rings (SSSR count). The van der Waals surface area contributed by atoms with E-state index in [1.54, 1.807) is 16.2 Å². The van der Waals surface area contributed by atoms with Gasteiger partial charge in [0.1, 0.15) is 6.04 Å². The number of nitrogens with zero attached hydrogens (tertiary/aromatic N) is 2. The molecule has 0 aliphatic carbocycles. The lowest BCUT2D eigenvalue weighted by Gasteiger charge is -2.32. The van der Waals surface area contributed by atoms with Gasteiger partial charge >= 0.3 is 0 Å². The first-order valence-electron chi connectivity index (χ1n) is 7.61. The number of carbonyl (C=O) groups excluding carboxylic acids is 2. The topological polar surface area (TPSA) is 40.6 Å². The molecule has 1 aromatic rings. The van der Waals surface area contributed by atoms with Gasteiger partial charge < -0.3 is 9.80 Å². The summed E-state index contributed by atoms with van der Waals surface area (Å²) in [5.41, 5.74) is -0.0688. The fraction of sp³-hybridized carbons (Fsp3) is 0.625. The van der Waals surface area contributed by atoms with Gasteiger partial charge in [-0.05, 0) is 24.3 Å². The summed E-state index contributed by atoms with van der Waals surface area (Å²) in [6.45, 7) is 6.33. The molecule has 0 spiro atoms. The summed E-state index contributed by atoms with van der Waals surface area (Å²) < 4.78 is 0. The van der Waals surface area contributed by atoms with E-state index in [0.29, 0.717) is 19.5 Å². The van der Waals surface area contributed by atoms with Gasteiger partial charge in [0.05, 0.1) is 0 Å². The van der Waals surface area contributed by atoms with E-state index < -0.39 is 0 Å². The fourth-order valence-corrected chi connectivity index (χ4v) is 4.24. The maximum Gasteiger partial charge on any atom is 0.245 e. The Kier molecular flexibility index (Phi) is 3.78. The Balaban J connectivity index is 1.79. The molecule has 5 heteroatoms. The molecule has 0 bridgehead atoms. The predicted octanol–water partition coefficient (Wildman–Crippen LogP) is 2.25. The lowest BCUT2D eigenvalue weighted by Crippen LogP contribution is -2.47. The Hall–Kier alpha value is -1.36. The first-order valence-corrected chi connectivity index (χ1v) is 8.49. The van der Waals surface area contributed by atoms with Gasteiger partial charge in [0.15, 0.2) is 0 Å². The summed E-state index contributed by atoms with van der Waals surface area (Å²) >= 11 is 1.73. The van der Waals surface area contributed by atoms with Gasteiger partial charge in [-0.1, -0.05) is 19.9 Å². The molecule has 0 N–H and O–H groups in total. The predicted molar refractivity (Wildman–Crippen MR) is 83.3 cm³/mol. The van der Waals surface area contributed by atoms with Crippen LogP contribution in [0.15, 0.2) is 17.5 Å². The van der Waals surface area contributed by atoms with Crippen LogP contribution in [0, 0.1) is 0 Å². The molecule has 2 aliphatic heterocycles. The number of hydrogen-bond donors (Lipinski definition) is 0. The molecule has 3 heterocycles. The molecule has 1 aromatic heterocycles. The third-order valence-corrected chi connectivity index (χ3v) is 5.78. The van der Waals surface area contributed by atoms with Crippen molar-refractivity contribution in [2.75, 3.05) is 19.6 Å². The summed E-state index contributed by atoms with van der Waals surface area (Å²) in [5, 5.41) is 2.07. The molecule has 0 aromatic carbocycles. The summed E-state index contributed by atoms with van der Waals surface area (Å²) in [5.74, 6) is 0.283. The highest BCUT2D eigenvalue weighted by Gasteiger charge is 2.40. The van der Waals surface area contributed by atoms with Crippen molar-refractivity contribution in [1.29, 1.82) is 0 Å². The molecular formula is C16H22N2O2S. The second kappa shape index (κ2) is 5.44. The minimum absolute atomic E-state index is 0.0688. The van der Waals surface area contributed by atoms with Crippen molar-refractivity contribution in [3.63, 3.8) is 0 Å². The minimum atomic E-state index is -0.209. The SMILES string of the molecule is CC(C)(CN1CCC(=O)N2CCCC2C1=O)c1cccs1. The van der Waals surface area contributed by atoms with Crippen LogP contribution in [0.2, 0.25) is 0 Å². The molecule has 2 saturated heterocycles. The highest BCUT2D eigenvalue weighted by atomic mass is 32.1. The summed E-state index contributed by atoms with van der Waals surface area (Å²) in [4.78, 5) is 29.9. The molecule has 2 aliphatic rings. The van der Waals surface area contributed by atoms with Crippen LogP contribution in [0.4, 0.5) is 0 Å². The number of rotatable bonds is 3. The van der Waals surface area contributed by atoms with Gasteiger partial charge in [0.25, 0.3) is 0 Å². The van der Waals surface area contributed by atoms with Gasteiger partial charge in [0, 0.05) is 36.3 Å². The van der Waals surface area contributed by atoms with E-state index in [1.807, 2.05) is 11.0 Å². The number of fused-ring (bicyclic) bond motifs is 1. The van der Waals surface area contributed by atoms with Crippen LogP contribution < -0.4 is 0 Å². The average molecular weight is 306 g/mol. The highest BCUT2D eigenvalue weighted by molar-refractivity contribution is 7.10. The van der Waals surface area contributed by atoms with Gasteiger partial charge in [-0.3, -0.25) is 9.59 Å². The first kappa shape index (κ1) is 14.6. The summed E-state index contributed by atoms with van der Waals surface area (Å²) in [7, 11) is 0. The number of amides is 2. The van der Waals surface area contributed by atoms with Crippen LogP contribution in [-0.4, -0.2) is 47.3 Å². The normalized spacial score (nSPS) is 23.4. The van der Waals surface area contributed by atoms with Gasteiger partial charge in [0.2, 0.25) is 11.8 Å². The monoisotopic (exact) mass is 306 g/mol. The van der Waals surface area contributed by atoms with Crippen molar-refractivity contribution in [1.82, 2.24) is 9.80 Å². The third-order valence-electron chi connectivity index (χ3n) is 4.54. The summed E-state index contributed by atoms with van der Waals surface area (Å²) in [6.07, 6.45) is 2.23. The molecule has 114 valence electrons. The molecule has 1 atom stereocenters. The summed E-state index contributed by atoms with van der Waals surface area (Å²) in [6, 6.07) is 3.97. The van der Waals surface area contributed by atoms with E-state index in [1.165, 1.54) is 4.88 Å². The Morgan fingerprint density at radius 3 is 2.86 bits per heavy atom. The van der Waals surface area contributed by atoms with Crippen molar-refractivity contribution in [3.05, 3.63) is 22.4 Å². The van der Waals surface area contributed by atoms with Gasteiger partial charge in [-0.2, -0.15) is 0 Å². The van der Waals surface area contributed by atoms with Crippen LogP contribution in [0.1, 0.15) is 38.0 Å². The Bertz CT molecular complexity index is 538. The second-order valence-electron chi connectivity index (χ2n) is 6.62. The van der Waals surface area contributed by atoms with Crippen molar-refractivity contribution in [2.45, 2.75) is 44.6 Å². The highest BCUT2D eigenvalue weighted by Crippen LogP contribution is 2.30. The fourth-order valence-electron chi connectivity index (χ4n) is 3.39. The van der Waals surface area contributed by atoms with Crippen molar-refractivity contribution < 1.29 is 9.59 Å². The van der Waals surface area contributed by atoms with E-state index in [-0.39, 0.29) is 23.3 Å². The Labute approximate surface area is 129 Å². The van der Waals surface area contributed by atoms with E-state index in [4.69, 9.17) is 0 Å². The average Bonchev–Trinajstić information content (AvgIpc) is 3.10. The van der Waals surface area contributed by atoms with Crippen molar-refractivity contribution in [3.8, 4) is 0 Å². The molecule has 0 radical (unpaired) electrons. The molecule has 2 amide bonds. The molecular weight excluding hydrogens is 284 g/mol. The smallest absolute Gasteiger partial charge is 0.245 e. The van der Waals surface area contributed by atoms with E-state index in [0.717, 1.165) is 19.4 Å². The van der Waals surface area contributed by atoms with Crippen LogP contribution in [0.5, 0.6) is 0 Å². The number of carbonyl (C=O) groups is 2. The maximum absolute atomic E-state index is 12.8. The zero-order valence-corrected chi connectivity index (χ0v) is 13.5. The van der Waals surface area contributed by atoms with Crippen LogP contribution in [0.3, 0.4) is 0 Å². The quantitative estimate of drug-likeness (QED) is 0.859. The molecule has 0 saturated carbocycles. The van der Waals surface area contributed by atoms with E-state index in [2.05, 4.69) is 25.3 Å². The van der Waals surface area contributed by atoms with Crippen molar-refractivity contribution in [2.24, 2.45) is 0 Å². The zero-order valence-electron chi connectivity index (χ0n) is 12.7. The van der Waals surface area contributed by atoms with E-state index >= 15 is 0 Å². The van der Waals surface area contributed by atoms with Crippen LogP contribution >= 0.6 is 11.3 Å². The molecule has 1 unspecified atom stereocenters. The van der Waals surface area contributed by atoms with Crippen molar-refractivity contribution >= 4 is 23.2 Å². The minimum Gasteiger partial charge on any atom is -0.339 e. The van der Waals surface area contributed by atoms with Gasteiger partial charge in [-0.15, -0.1) is 11.3 Å². The molecule has 21 heavy (non-hydrogen) atoms. The zero-order chi connectivity index (χ0) is 15.0. The lowest BCUT2D eigenvalue weighted by atomic mass is 9.90. The van der Waals surface area contributed by atoms with Crippen LogP contribution in [0.25, 0.3) is 0 Å². The maximum atomic E-state index is 12.8. The number of thiophene rings is 1. The third kappa shape index (κ3) is 2.71. The Morgan fingerprint density at radius 2 is 2.14 bits per heavy atom. The second-order valence-corrected chi connectivity index (χ2v) is 7.56. The standard InChI is InChI=1S/C16H22N2O2S/c1-16(2,13-6-4-10-21-13)11-17-9-7-14(19)18-8-3-5-12(18)15(17)20/h4,6,10,12H,3,5,7-9,11H2,1-2H3. The lowest BCUT2D eigenvalue weighted by molar-refractivity contribution is -0.139. The van der Waals surface area contributed by atoms with Crippen LogP contribution in [-0.2, 0) is 15.0 Å². The van der Waals surface area contributed by atoms with E-state index in [9.17, 15) is 9.59 Å². The molecule has 2 fully saturated rings. The van der Waals surface area contributed by atoms with Gasteiger partial charge in [-0.25, -0.2) is 0 Å².